The predicted molar refractivity (Wildman–Crippen MR) is 167 cm³/mol. The van der Waals surface area contributed by atoms with Gasteiger partial charge in [-0.05, 0) is 82.0 Å². The van der Waals surface area contributed by atoms with Gasteiger partial charge in [0.25, 0.3) is 11.9 Å². The van der Waals surface area contributed by atoms with E-state index in [2.05, 4.69) is 35.5 Å². The number of likely N-dealkylation sites (N-methyl/N-ethyl adjacent to an activating group) is 1. The molecule has 4 heterocycles. The zero-order valence-electron chi connectivity index (χ0n) is 25.1. The molecule has 13 nitrogen and oxygen atoms in total. The summed E-state index contributed by atoms with van der Waals surface area (Å²) in [4.78, 5) is 45.8. The van der Waals surface area contributed by atoms with Crippen molar-refractivity contribution >= 4 is 29.3 Å². The Morgan fingerprint density at radius 1 is 0.864 bits per heavy atom. The highest BCUT2D eigenvalue weighted by Crippen LogP contribution is 2.23. The first kappa shape index (κ1) is 29.2. The van der Waals surface area contributed by atoms with Crippen molar-refractivity contribution in [2.75, 3.05) is 69.0 Å². The van der Waals surface area contributed by atoms with Gasteiger partial charge in [-0.2, -0.15) is 20.1 Å². The first-order chi connectivity index (χ1) is 21.3. The number of amides is 3. The molecule has 0 spiro atoms. The van der Waals surface area contributed by atoms with Crippen molar-refractivity contribution in [2.45, 2.75) is 19.4 Å². The van der Waals surface area contributed by atoms with E-state index < -0.39 is 6.03 Å². The number of carbonyl (C=O) groups is 2. The average Bonchev–Trinajstić information content (AvgIpc) is 3.72. The Bertz CT molecular complexity index is 1610. The van der Waals surface area contributed by atoms with Crippen LogP contribution in [0.1, 0.15) is 22.5 Å². The lowest BCUT2D eigenvalue weighted by Gasteiger charge is -2.27. The van der Waals surface area contributed by atoms with Gasteiger partial charge >= 0.3 is 6.03 Å². The van der Waals surface area contributed by atoms with E-state index in [1.807, 2.05) is 50.3 Å². The lowest BCUT2D eigenvalue weighted by Crippen LogP contribution is -2.37. The Kier molecular flexibility index (Phi) is 8.48. The van der Waals surface area contributed by atoms with E-state index in [0.717, 1.165) is 30.8 Å². The lowest BCUT2D eigenvalue weighted by molar-refractivity contribution is 0.0783. The fraction of sp³-hybridized carbons (Fsp3) is 0.355. The number of aromatic nitrogens is 5. The van der Waals surface area contributed by atoms with Gasteiger partial charge in [0.1, 0.15) is 0 Å². The average molecular weight is 597 g/mol. The van der Waals surface area contributed by atoms with E-state index in [-0.39, 0.29) is 5.91 Å². The Labute approximate surface area is 255 Å². The van der Waals surface area contributed by atoms with E-state index in [4.69, 9.17) is 9.72 Å². The molecule has 44 heavy (non-hydrogen) atoms. The third kappa shape index (κ3) is 6.68. The molecule has 2 aromatic heterocycles. The molecule has 0 radical (unpaired) electrons. The van der Waals surface area contributed by atoms with Crippen molar-refractivity contribution in [1.29, 1.82) is 0 Å². The van der Waals surface area contributed by atoms with Crippen molar-refractivity contribution in [3.63, 3.8) is 0 Å². The molecular formula is C31H36N10O3. The van der Waals surface area contributed by atoms with E-state index in [1.165, 1.54) is 0 Å². The highest BCUT2D eigenvalue weighted by molar-refractivity contribution is 6.00. The van der Waals surface area contributed by atoms with Crippen molar-refractivity contribution in [1.82, 2.24) is 34.5 Å². The maximum Gasteiger partial charge on any atom is 0.323 e. The number of aryl methyl sites for hydroxylation is 1. The second-order valence-electron chi connectivity index (χ2n) is 11.2. The van der Waals surface area contributed by atoms with Crippen LogP contribution in [0, 0.1) is 6.92 Å². The number of nitrogens with one attached hydrogen (secondary N) is 2. The fourth-order valence-corrected chi connectivity index (χ4v) is 5.24. The molecule has 6 rings (SSSR count). The standard InChI is InChI=1S/C31H36N10O3/c1-21-12-15-41(37-21)30-35-27(34-29(36-30)39-16-18-44-19-17-39)22-4-8-24(9-5-22)32-31(43)33-25-10-6-23(7-11-25)28(42)40-14-13-26(20-40)38(2)3/h4-12,15,26H,13-14,16-20H2,1-3H3,(H2,32,33,43). The summed E-state index contributed by atoms with van der Waals surface area (Å²) in [5, 5.41) is 10.1. The number of anilines is 3. The molecule has 2 N–H and O–H groups in total. The fourth-order valence-electron chi connectivity index (χ4n) is 5.24. The van der Waals surface area contributed by atoms with Crippen molar-refractivity contribution in [3.05, 3.63) is 72.1 Å². The number of ether oxygens (including phenoxy) is 1. The summed E-state index contributed by atoms with van der Waals surface area (Å²) in [5.74, 6) is 1.50. The van der Waals surface area contributed by atoms with Gasteiger partial charge in [0.2, 0.25) is 5.95 Å². The van der Waals surface area contributed by atoms with Gasteiger partial charge in [-0.25, -0.2) is 9.48 Å². The van der Waals surface area contributed by atoms with Crippen molar-refractivity contribution in [3.8, 4) is 17.3 Å². The number of rotatable bonds is 7. The Morgan fingerprint density at radius 2 is 1.52 bits per heavy atom. The zero-order chi connectivity index (χ0) is 30.6. The van der Waals surface area contributed by atoms with Crippen molar-refractivity contribution < 1.29 is 14.3 Å². The Morgan fingerprint density at radius 3 is 2.14 bits per heavy atom. The molecule has 2 aliphatic rings. The van der Waals surface area contributed by atoms with E-state index in [9.17, 15) is 9.59 Å². The third-order valence-electron chi connectivity index (χ3n) is 7.80. The molecule has 1 unspecified atom stereocenters. The SMILES string of the molecule is Cc1ccn(-c2nc(-c3ccc(NC(=O)Nc4ccc(C(=O)N5CCC(N(C)C)C5)cc4)cc3)nc(N3CCOCC3)n2)n1. The molecule has 2 aliphatic heterocycles. The van der Waals surface area contributed by atoms with Crippen LogP contribution in [0.4, 0.5) is 22.1 Å². The molecule has 228 valence electrons. The molecule has 0 bridgehead atoms. The van der Waals surface area contributed by atoms with Gasteiger partial charge in [0.05, 0.1) is 18.9 Å². The van der Waals surface area contributed by atoms with Crippen LogP contribution in [-0.4, -0.2) is 106 Å². The maximum absolute atomic E-state index is 12.9. The first-order valence-corrected chi connectivity index (χ1v) is 14.7. The number of nitrogens with zero attached hydrogens (tertiary/aromatic N) is 8. The second kappa shape index (κ2) is 12.8. The number of hydrogen-bond acceptors (Lipinski definition) is 9. The summed E-state index contributed by atoms with van der Waals surface area (Å²) >= 11 is 0. The molecule has 4 aromatic rings. The molecule has 2 saturated heterocycles. The number of morpholine rings is 1. The van der Waals surface area contributed by atoms with Gasteiger partial charge in [0.15, 0.2) is 5.82 Å². The van der Waals surface area contributed by atoms with Crippen LogP contribution in [0.3, 0.4) is 0 Å². The largest absolute Gasteiger partial charge is 0.378 e. The van der Waals surface area contributed by atoms with Gasteiger partial charge in [-0.15, -0.1) is 0 Å². The van der Waals surface area contributed by atoms with Gasteiger partial charge in [0, 0.05) is 60.9 Å². The number of urea groups is 1. The van der Waals surface area contributed by atoms with Crippen LogP contribution in [0.25, 0.3) is 17.3 Å². The van der Waals surface area contributed by atoms with Crippen LogP contribution in [0.5, 0.6) is 0 Å². The summed E-state index contributed by atoms with van der Waals surface area (Å²) in [6.45, 7) is 5.98. The van der Waals surface area contributed by atoms with E-state index >= 15 is 0 Å². The summed E-state index contributed by atoms with van der Waals surface area (Å²) in [6.07, 6.45) is 2.79. The van der Waals surface area contributed by atoms with Crippen LogP contribution >= 0.6 is 0 Å². The van der Waals surface area contributed by atoms with Gasteiger partial charge in [-0.1, -0.05) is 0 Å². The zero-order valence-corrected chi connectivity index (χ0v) is 25.1. The molecule has 0 saturated carbocycles. The third-order valence-corrected chi connectivity index (χ3v) is 7.80. The Hall–Kier alpha value is -4.88. The predicted octanol–water partition coefficient (Wildman–Crippen LogP) is 3.29. The quantitative estimate of drug-likeness (QED) is 0.330. The smallest absolute Gasteiger partial charge is 0.323 e. The number of hydrogen-bond donors (Lipinski definition) is 2. The second-order valence-corrected chi connectivity index (χ2v) is 11.2. The van der Waals surface area contributed by atoms with E-state index in [1.54, 1.807) is 41.1 Å². The minimum Gasteiger partial charge on any atom is -0.378 e. The summed E-state index contributed by atoms with van der Waals surface area (Å²) < 4.78 is 7.13. The van der Waals surface area contributed by atoms with Crippen LogP contribution in [0.2, 0.25) is 0 Å². The lowest BCUT2D eigenvalue weighted by atomic mass is 10.2. The normalized spacial score (nSPS) is 16.8. The highest BCUT2D eigenvalue weighted by atomic mass is 16.5. The molecule has 2 aromatic carbocycles. The van der Waals surface area contributed by atoms with Gasteiger partial charge < -0.3 is 30.1 Å². The molecular weight excluding hydrogens is 560 g/mol. The minimum atomic E-state index is -0.392. The monoisotopic (exact) mass is 596 g/mol. The summed E-state index contributed by atoms with van der Waals surface area (Å²) in [6, 6.07) is 16.1. The molecule has 13 heteroatoms. The highest BCUT2D eigenvalue weighted by Gasteiger charge is 2.28. The van der Waals surface area contributed by atoms with E-state index in [0.29, 0.717) is 67.0 Å². The topological polar surface area (TPSA) is 134 Å². The number of benzene rings is 2. The summed E-state index contributed by atoms with van der Waals surface area (Å²) in [5.41, 5.74) is 3.43. The van der Waals surface area contributed by atoms with Crippen LogP contribution in [-0.2, 0) is 4.74 Å². The van der Waals surface area contributed by atoms with Crippen molar-refractivity contribution in [2.24, 2.45) is 0 Å². The van der Waals surface area contributed by atoms with Gasteiger partial charge in [-0.3, -0.25) is 4.79 Å². The first-order valence-electron chi connectivity index (χ1n) is 14.7. The number of carbonyl (C=O) groups excluding carboxylic acids is 2. The molecule has 0 aliphatic carbocycles. The van der Waals surface area contributed by atoms with Crippen LogP contribution < -0.4 is 15.5 Å². The molecule has 1 atom stereocenters. The minimum absolute atomic E-state index is 0.00698. The van der Waals surface area contributed by atoms with Crippen LogP contribution in [0.15, 0.2) is 60.8 Å². The number of likely N-dealkylation sites (tertiary alicyclic amines) is 1. The molecule has 3 amide bonds. The maximum atomic E-state index is 12.9. The summed E-state index contributed by atoms with van der Waals surface area (Å²) in [7, 11) is 4.07. The molecule has 2 fully saturated rings. The Balaban J connectivity index is 1.10.